The zero-order chi connectivity index (χ0) is 22.2. The number of para-hydroxylation sites is 2. The fourth-order valence-electron chi connectivity index (χ4n) is 3.27. The highest BCUT2D eigenvalue weighted by atomic mass is 32.2. The highest BCUT2D eigenvalue weighted by Gasteiger charge is 2.35. The van der Waals surface area contributed by atoms with Crippen LogP contribution in [0.1, 0.15) is 37.6 Å². The molecule has 0 aliphatic carbocycles. The van der Waals surface area contributed by atoms with Crippen molar-refractivity contribution >= 4 is 40.9 Å². The van der Waals surface area contributed by atoms with Crippen LogP contribution in [0.5, 0.6) is 5.75 Å². The van der Waals surface area contributed by atoms with Gasteiger partial charge in [0.05, 0.1) is 31.1 Å². The minimum atomic E-state index is -0.386. The van der Waals surface area contributed by atoms with Gasteiger partial charge in [-0.3, -0.25) is 19.3 Å². The molecule has 1 unspecified atom stereocenters. The topological polar surface area (TPSA) is 84.9 Å². The molecule has 8 heteroatoms. The van der Waals surface area contributed by atoms with Crippen molar-refractivity contribution in [3.05, 3.63) is 54.1 Å². The number of esters is 1. The van der Waals surface area contributed by atoms with E-state index in [9.17, 15) is 14.4 Å². The van der Waals surface area contributed by atoms with Gasteiger partial charge in [0.25, 0.3) is 0 Å². The summed E-state index contributed by atoms with van der Waals surface area (Å²) in [5, 5.41) is 2.60. The Bertz CT molecular complexity index is 932. The molecule has 0 radical (unpaired) electrons. The number of thioether (sulfide) groups is 1. The van der Waals surface area contributed by atoms with E-state index in [1.54, 1.807) is 35.7 Å². The van der Waals surface area contributed by atoms with Crippen LogP contribution in [-0.4, -0.2) is 36.8 Å². The average Bonchev–Trinajstić information content (AvgIpc) is 3.15. The van der Waals surface area contributed by atoms with E-state index < -0.39 is 0 Å². The van der Waals surface area contributed by atoms with Crippen molar-refractivity contribution < 1.29 is 23.9 Å². The summed E-state index contributed by atoms with van der Waals surface area (Å²) in [7, 11) is 0. The van der Waals surface area contributed by atoms with Gasteiger partial charge in [-0.15, -0.1) is 11.8 Å². The van der Waals surface area contributed by atoms with Crippen LogP contribution in [-0.2, 0) is 19.1 Å². The van der Waals surface area contributed by atoms with Gasteiger partial charge >= 0.3 is 5.97 Å². The molecule has 164 valence electrons. The van der Waals surface area contributed by atoms with E-state index in [2.05, 4.69) is 5.32 Å². The molecule has 7 nitrogen and oxygen atoms in total. The van der Waals surface area contributed by atoms with Crippen molar-refractivity contribution in [1.29, 1.82) is 0 Å². The highest BCUT2D eigenvalue weighted by molar-refractivity contribution is 8.00. The van der Waals surface area contributed by atoms with Gasteiger partial charge in [0, 0.05) is 12.1 Å². The molecule has 1 heterocycles. The Balaban J connectivity index is 1.69. The molecule has 31 heavy (non-hydrogen) atoms. The first-order valence-corrected chi connectivity index (χ1v) is 11.3. The number of amides is 2. The number of carbonyl (C=O) groups is 3. The maximum absolute atomic E-state index is 12.7. The van der Waals surface area contributed by atoms with E-state index in [1.807, 2.05) is 43.3 Å². The minimum absolute atomic E-state index is 0.0264. The highest BCUT2D eigenvalue weighted by Crippen LogP contribution is 2.44. The zero-order valence-electron chi connectivity index (χ0n) is 17.6. The van der Waals surface area contributed by atoms with Crippen LogP contribution in [0.4, 0.5) is 11.4 Å². The van der Waals surface area contributed by atoms with Crippen LogP contribution in [0, 0.1) is 0 Å². The molecule has 0 spiro atoms. The lowest BCUT2D eigenvalue weighted by molar-refractivity contribution is -0.144. The van der Waals surface area contributed by atoms with E-state index in [0.717, 1.165) is 11.3 Å². The minimum Gasteiger partial charge on any atom is -0.492 e. The summed E-state index contributed by atoms with van der Waals surface area (Å²) in [5.74, 6) is 0.453. The van der Waals surface area contributed by atoms with Crippen molar-refractivity contribution in [3.63, 3.8) is 0 Å². The fourth-order valence-corrected chi connectivity index (χ4v) is 4.44. The summed E-state index contributed by atoms with van der Waals surface area (Å²) in [6, 6.07) is 14.9. The lowest BCUT2D eigenvalue weighted by atomic mass is 10.1. The maximum atomic E-state index is 12.7. The lowest BCUT2D eigenvalue weighted by Crippen LogP contribution is -2.28. The van der Waals surface area contributed by atoms with Crippen molar-refractivity contribution in [1.82, 2.24) is 0 Å². The Morgan fingerprint density at radius 2 is 1.81 bits per heavy atom. The second kappa shape index (κ2) is 10.9. The van der Waals surface area contributed by atoms with Gasteiger partial charge < -0.3 is 14.8 Å². The molecule has 0 aromatic heterocycles. The standard InChI is InChI=1S/C23H26N2O5S/c1-3-29-19-8-6-5-7-18(19)25-21(27)15-31-23(25)16-9-11-17(12-10-16)24-20(26)13-14-22(28)30-4-2/h5-12,23H,3-4,13-15H2,1-2H3,(H,24,26). The number of carbonyl (C=O) groups excluding carboxylic acids is 3. The van der Waals surface area contributed by atoms with Crippen LogP contribution in [0.2, 0.25) is 0 Å². The largest absolute Gasteiger partial charge is 0.492 e. The van der Waals surface area contributed by atoms with E-state index in [0.29, 0.717) is 30.4 Å². The van der Waals surface area contributed by atoms with Crippen LogP contribution >= 0.6 is 11.8 Å². The molecular formula is C23H26N2O5S. The summed E-state index contributed by atoms with van der Waals surface area (Å²) < 4.78 is 10.5. The third kappa shape index (κ3) is 5.79. The number of nitrogens with one attached hydrogen (secondary N) is 1. The third-order valence-corrected chi connectivity index (χ3v) is 5.85. The molecule has 3 rings (SSSR count). The van der Waals surface area contributed by atoms with Crippen LogP contribution in [0.3, 0.4) is 0 Å². The predicted octanol–water partition coefficient (Wildman–Crippen LogP) is 4.15. The van der Waals surface area contributed by atoms with Crippen molar-refractivity contribution in [2.75, 3.05) is 29.2 Å². The van der Waals surface area contributed by atoms with Gasteiger partial charge in [-0.25, -0.2) is 0 Å². The lowest BCUT2D eigenvalue weighted by Gasteiger charge is -2.26. The third-order valence-electron chi connectivity index (χ3n) is 4.63. The molecule has 2 aromatic rings. The first-order valence-electron chi connectivity index (χ1n) is 10.2. The number of rotatable bonds is 9. The summed E-state index contributed by atoms with van der Waals surface area (Å²) >= 11 is 1.55. The normalized spacial score (nSPS) is 15.6. The van der Waals surface area contributed by atoms with Crippen LogP contribution < -0.4 is 15.0 Å². The number of hydrogen-bond donors (Lipinski definition) is 1. The number of benzene rings is 2. The Kier molecular flexibility index (Phi) is 7.94. The van der Waals surface area contributed by atoms with Crippen LogP contribution in [0.15, 0.2) is 48.5 Å². The Labute approximate surface area is 186 Å². The molecule has 2 amide bonds. The van der Waals surface area contributed by atoms with Gasteiger partial charge in [0.1, 0.15) is 11.1 Å². The van der Waals surface area contributed by atoms with Crippen molar-refractivity contribution in [2.45, 2.75) is 32.1 Å². The van der Waals surface area contributed by atoms with Gasteiger partial charge in [-0.05, 0) is 43.7 Å². The Morgan fingerprint density at radius 1 is 1.06 bits per heavy atom. The van der Waals surface area contributed by atoms with Gasteiger partial charge in [0.15, 0.2) is 0 Å². The molecule has 0 bridgehead atoms. The molecule has 1 saturated heterocycles. The zero-order valence-corrected chi connectivity index (χ0v) is 18.4. The van der Waals surface area contributed by atoms with E-state index in [-0.39, 0.29) is 36.0 Å². The molecule has 1 fully saturated rings. The smallest absolute Gasteiger partial charge is 0.306 e. The molecule has 1 aliphatic rings. The number of hydrogen-bond acceptors (Lipinski definition) is 6. The monoisotopic (exact) mass is 442 g/mol. The summed E-state index contributed by atoms with van der Waals surface area (Å²) in [6.07, 6.45) is 0.113. The second-order valence-electron chi connectivity index (χ2n) is 6.80. The summed E-state index contributed by atoms with van der Waals surface area (Å²) in [4.78, 5) is 37.9. The van der Waals surface area contributed by atoms with Gasteiger partial charge in [-0.2, -0.15) is 0 Å². The van der Waals surface area contributed by atoms with Gasteiger partial charge in [-0.1, -0.05) is 24.3 Å². The summed E-state index contributed by atoms with van der Waals surface area (Å²) in [6.45, 7) is 4.46. The van der Waals surface area contributed by atoms with Gasteiger partial charge in [0.2, 0.25) is 11.8 Å². The molecule has 1 atom stereocenters. The van der Waals surface area contributed by atoms with Crippen LogP contribution in [0.25, 0.3) is 0 Å². The number of anilines is 2. The first kappa shape index (κ1) is 22.7. The van der Waals surface area contributed by atoms with Crippen molar-refractivity contribution in [2.24, 2.45) is 0 Å². The summed E-state index contributed by atoms with van der Waals surface area (Å²) in [5.41, 5.74) is 2.33. The average molecular weight is 443 g/mol. The number of ether oxygens (including phenoxy) is 2. The molecule has 2 aromatic carbocycles. The predicted molar refractivity (Wildman–Crippen MR) is 121 cm³/mol. The Hall–Kier alpha value is -3.00. The van der Waals surface area contributed by atoms with E-state index in [4.69, 9.17) is 9.47 Å². The second-order valence-corrected chi connectivity index (χ2v) is 7.87. The van der Waals surface area contributed by atoms with E-state index in [1.165, 1.54) is 0 Å². The maximum Gasteiger partial charge on any atom is 0.306 e. The number of nitrogens with zero attached hydrogens (tertiary/aromatic N) is 1. The Morgan fingerprint density at radius 3 is 2.52 bits per heavy atom. The molecule has 1 N–H and O–H groups in total. The SMILES string of the molecule is CCOC(=O)CCC(=O)Nc1ccc(C2SCC(=O)N2c2ccccc2OCC)cc1. The fraction of sp³-hybridized carbons (Fsp3) is 0.348. The molecule has 0 saturated carbocycles. The quantitative estimate of drug-likeness (QED) is 0.588. The first-order chi connectivity index (χ1) is 15.0. The van der Waals surface area contributed by atoms with Crippen molar-refractivity contribution in [3.8, 4) is 5.75 Å². The molecule has 1 aliphatic heterocycles. The van der Waals surface area contributed by atoms with E-state index >= 15 is 0 Å². The molecular weight excluding hydrogens is 416 g/mol.